The van der Waals surface area contributed by atoms with Crippen molar-refractivity contribution in [3.05, 3.63) is 105 Å². The Morgan fingerprint density at radius 2 is 1.15 bits per heavy atom. The average molecular weight is 403 g/mol. The Labute approximate surface area is 169 Å². The number of nitrogens with zero attached hydrogens (tertiary/aromatic N) is 1. The largest absolute Gasteiger partial charge is 0.326 e. The minimum absolute atomic E-state index is 0.229. The van der Waals surface area contributed by atoms with Crippen molar-refractivity contribution in [2.45, 2.75) is 26.2 Å². The zero-order valence-corrected chi connectivity index (χ0v) is 16.3. The van der Waals surface area contributed by atoms with E-state index in [-0.39, 0.29) is 5.82 Å². The van der Waals surface area contributed by atoms with Gasteiger partial charge in [0, 0.05) is 26.2 Å². The Morgan fingerprint density at radius 1 is 0.667 bits per heavy atom. The molecule has 0 fully saturated rings. The summed E-state index contributed by atoms with van der Waals surface area (Å²) in [4.78, 5) is 2.28. The fraction of sp³-hybridized carbons (Fsp3) is 0.182. The number of benzene rings is 3. The topological polar surface area (TPSA) is 29.3 Å². The number of halogens is 3. The van der Waals surface area contributed by atoms with Gasteiger partial charge in [0.1, 0.15) is 5.82 Å². The highest BCUT2D eigenvalue weighted by Gasteiger charge is 2.10. The Morgan fingerprint density at radius 3 is 1.70 bits per heavy atom. The summed E-state index contributed by atoms with van der Waals surface area (Å²) < 4.78 is 13.2. The summed E-state index contributed by atoms with van der Waals surface area (Å²) in [6.45, 7) is 2.68. The van der Waals surface area contributed by atoms with Crippen molar-refractivity contribution in [1.29, 1.82) is 0 Å². The molecule has 0 atom stereocenters. The number of nitrogens with two attached hydrogens (primary N) is 1. The van der Waals surface area contributed by atoms with Crippen molar-refractivity contribution in [3.63, 3.8) is 0 Å². The molecule has 3 aromatic carbocycles. The molecular formula is C22H21Cl2FN2. The molecule has 2 nitrogen and oxygen atoms in total. The van der Waals surface area contributed by atoms with Gasteiger partial charge in [0.15, 0.2) is 0 Å². The SMILES string of the molecule is NCc1ccc(CN(Cc2ccc(F)cc2)Cc2ccc(Cl)c(Cl)c2)cc1. The van der Waals surface area contributed by atoms with E-state index in [2.05, 4.69) is 17.0 Å². The zero-order chi connectivity index (χ0) is 19.2. The van der Waals surface area contributed by atoms with Gasteiger partial charge in [-0.2, -0.15) is 0 Å². The summed E-state index contributed by atoms with van der Waals surface area (Å²) in [7, 11) is 0. The molecule has 27 heavy (non-hydrogen) atoms. The molecule has 5 heteroatoms. The molecule has 0 aliphatic rings. The smallest absolute Gasteiger partial charge is 0.123 e. The molecule has 0 aromatic heterocycles. The Kier molecular flexibility index (Phi) is 6.86. The fourth-order valence-electron chi connectivity index (χ4n) is 2.95. The maximum atomic E-state index is 13.2. The molecular weight excluding hydrogens is 382 g/mol. The van der Waals surface area contributed by atoms with Crippen LogP contribution in [-0.2, 0) is 26.2 Å². The molecule has 0 aliphatic carbocycles. The van der Waals surface area contributed by atoms with Crippen molar-refractivity contribution in [2.75, 3.05) is 0 Å². The highest BCUT2D eigenvalue weighted by molar-refractivity contribution is 6.42. The molecule has 0 radical (unpaired) electrons. The fourth-order valence-corrected chi connectivity index (χ4v) is 3.27. The van der Waals surface area contributed by atoms with Crippen LogP contribution in [0.3, 0.4) is 0 Å². The van der Waals surface area contributed by atoms with Gasteiger partial charge in [-0.25, -0.2) is 4.39 Å². The van der Waals surface area contributed by atoms with E-state index < -0.39 is 0 Å². The van der Waals surface area contributed by atoms with Crippen LogP contribution in [0.1, 0.15) is 22.3 Å². The highest BCUT2D eigenvalue weighted by Crippen LogP contribution is 2.24. The number of rotatable bonds is 7. The van der Waals surface area contributed by atoms with Gasteiger partial charge in [0.25, 0.3) is 0 Å². The first-order valence-electron chi connectivity index (χ1n) is 8.72. The van der Waals surface area contributed by atoms with E-state index in [1.54, 1.807) is 0 Å². The van der Waals surface area contributed by atoms with E-state index in [0.717, 1.165) is 23.2 Å². The Hall–Kier alpha value is -1.91. The third-order valence-electron chi connectivity index (χ3n) is 4.37. The third-order valence-corrected chi connectivity index (χ3v) is 5.11. The molecule has 0 unspecified atom stereocenters. The van der Waals surface area contributed by atoms with Gasteiger partial charge >= 0.3 is 0 Å². The summed E-state index contributed by atoms with van der Waals surface area (Å²) in [5.74, 6) is -0.229. The van der Waals surface area contributed by atoms with Gasteiger partial charge < -0.3 is 5.73 Å². The lowest BCUT2D eigenvalue weighted by Crippen LogP contribution is -2.22. The van der Waals surface area contributed by atoms with Gasteiger partial charge in [-0.1, -0.05) is 65.7 Å². The van der Waals surface area contributed by atoms with Crippen LogP contribution < -0.4 is 5.73 Å². The summed E-state index contributed by atoms with van der Waals surface area (Å²) in [6, 6.07) is 20.6. The van der Waals surface area contributed by atoms with Crippen LogP contribution >= 0.6 is 23.2 Å². The van der Waals surface area contributed by atoms with Crippen molar-refractivity contribution in [1.82, 2.24) is 4.90 Å². The number of hydrogen-bond donors (Lipinski definition) is 1. The van der Waals surface area contributed by atoms with Crippen LogP contribution in [0.4, 0.5) is 4.39 Å². The second-order valence-electron chi connectivity index (χ2n) is 6.54. The average Bonchev–Trinajstić information content (AvgIpc) is 2.67. The monoisotopic (exact) mass is 402 g/mol. The summed E-state index contributed by atoms with van der Waals surface area (Å²) in [6.07, 6.45) is 0. The van der Waals surface area contributed by atoms with E-state index in [0.29, 0.717) is 29.7 Å². The summed E-state index contributed by atoms with van der Waals surface area (Å²) in [5, 5.41) is 1.09. The second-order valence-corrected chi connectivity index (χ2v) is 7.36. The molecule has 3 aromatic rings. The summed E-state index contributed by atoms with van der Waals surface area (Å²) >= 11 is 12.2. The molecule has 2 N–H and O–H groups in total. The number of hydrogen-bond acceptors (Lipinski definition) is 2. The lowest BCUT2D eigenvalue weighted by atomic mass is 10.1. The van der Waals surface area contributed by atoms with E-state index in [9.17, 15) is 4.39 Å². The van der Waals surface area contributed by atoms with Gasteiger partial charge in [-0.3, -0.25) is 4.90 Å². The highest BCUT2D eigenvalue weighted by atomic mass is 35.5. The summed E-state index contributed by atoms with van der Waals surface area (Å²) in [5.41, 5.74) is 10.1. The van der Waals surface area contributed by atoms with Crippen molar-refractivity contribution < 1.29 is 4.39 Å². The minimum Gasteiger partial charge on any atom is -0.326 e. The van der Waals surface area contributed by atoms with Crippen molar-refractivity contribution in [3.8, 4) is 0 Å². The Balaban J connectivity index is 1.79. The standard InChI is InChI=1S/C22H21Cl2FN2/c23-21-10-7-19(11-22(21)24)15-27(14-18-5-8-20(25)9-6-18)13-17-3-1-16(12-26)2-4-17/h1-11H,12-15,26H2. The van der Waals surface area contributed by atoms with E-state index in [1.807, 2.05) is 42.5 Å². The van der Waals surface area contributed by atoms with Crippen LogP contribution in [-0.4, -0.2) is 4.90 Å². The van der Waals surface area contributed by atoms with Crippen molar-refractivity contribution >= 4 is 23.2 Å². The predicted molar refractivity (Wildman–Crippen MR) is 110 cm³/mol. The molecule has 0 heterocycles. The maximum absolute atomic E-state index is 13.2. The normalized spacial score (nSPS) is 11.1. The van der Waals surface area contributed by atoms with Crippen molar-refractivity contribution in [2.24, 2.45) is 5.73 Å². The molecule has 3 rings (SSSR count). The Bertz CT molecular complexity index is 880. The van der Waals surface area contributed by atoms with Crippen LogP contribution in [0.15, 0.2) is 66.7 Å². The van der Waals surface area contributed by atoms with Gasteiger partial charge in [-0.15, -0.1) is 0 Å². The second kappa shape index (κ2) is 9.34. The van der Waals surface area contributed by atoms with Crippen LogP contribution in [0.2, 0.25) is 10.0 Å². The minimum atomic E-state index is -0.229. The molecule has 0 saturated carbocycles. The van der Waals surface area contributed by atoms with Crippen LogP contribution in [0.5, 0.6) is 0 Å². The lowest BCUT2D eigenvalue weighted by molar-refractivity contribution is 0.247. The van der Waals surface area contributed by atoms with Crippen LogP contribution in [0.25, 0.3) is 0 Å². The molecule has 0 saturated heterocycles. The van der Waals surface area contributed by atoms with E-state index >= 15 is 0 Å². The van der Waals surface area contributed by atoms with Gasteiger partial charge in [0.05, 0.1) is 10.0 Å². The first kappa shape index (κ1) is 19.8. The third kappa shape index (κ3) is 5.78. The molecule has 140 valence electrons. The van der Waals surface area contributed by atoms with Gasteiger partial charge in [-0.05, 0) is 46.5 Å². The van der Waals surface area contributed by atoms with Gasteiger partial charge in [0.2, 0.25) is 0 Å². The van der Waals surface area contributed by atoms with E-state index in [1.165, 1.54) is 17.7 Å². The molecule has 0 spiro atoms. The molecule has 0 bridgehead atoms. The molecule has 0 aliphatic heterocycles. The maximum Gasteiger partial charge on any atom is 0.123 e. The van der Waals surface area contributed by atoms with E-state index in [4.69, 9.17) is 28.9 Å². The first-order valence-corrected chi connectivity index (χ1v) is 9.47. The zero-order valence-electron chi connectivity index (χ0n) is 14.8. The predicted octanol–water partition coefficient (Wildman–Crippen LogP) is 5.79. The van der Waals surface area contributed by atoms with Crippen LogP contribution in [0, 0.1) is 5.82 Å². The lowest BCUT2D eigenvalue weighted by Gasteiger charge is -2.23. The quantitative estimate of drug-likeness (QED) is 0.541. The molecule has 0 amide bonds. The first-order chi connectivity index (χ1) is 13.0.